The van der Waals surface area contributed by atoms with Gasteiger partial charge in [-0.25, -0.2) is 0 Å². The molecule has 6 N–H and O–H groups in total. The van der Waals surface area contributed by atoms with Gasteiger partial charge in [-0.15, -0.1) is 0 Å². The number of para-hydroxylation sites is 1. The fraction of sp³-hybridized carbons (Fsp3) is 0.0952. The molecule has 0 fully saturated rings. The third kappa shape index (κ3) is 4.45. The average molecular weight is 383 g/mol. The Hall–Kier alpha value is -3.87. The van der Waals surface area contributed by atoms with Gasteiger partial charge in [0.1, 0.15) is 28.7 Å². The number of hydrogen-bond acceptors (Lipinski definition) is 6. The molecule has 1 aromatic heterocycles. The molecule has 0 saturated heterocycles. The number of rotatable bonds is 0. The van der Waals surface area contributed by atoms with Crippen molar-refractivity contribution >= 4 is 21.8 Å². The van der Waals surface area contributed by atoms with Gasteiger partial charge in [0.15, 0.2) is 0 Å². The molecule has 0 amide bonds. The molecule has 146 valence electrons. The molecular weight excluding hydrogens is 362 g/mol. The first-order valence-electron chi connectivity index (χ1n) is 8.54. The minimum Gasteiger partial charge on any atom is -0.508 e. The third-order valence-corrected chi connectivity index (χ3v) is 3.66. The van der Waals surface area contributed by atoms with Gasteiger partial charge in [-0.1, -0.05) is 26.0 Å². The number of phenols is 5. The number of H-pyrrole nitrogens is 1. The average Bonchev–Trinajstić information content (AvgIpc) is 2.62. The van der Waals surface area contributed by atoms with Crippen molar-refractivity contribution in [1.82, 2.24) is 4.98 Å². The summed E-state index contributed by atoms with van der Waals surface area (Å²) in [5.74, 6) is -0.736. The normalized spacial score (nSPS) is 9.93. The number of fused-ring (bicyclic) bond motifs is 2. The molecule has 0 saturated carbocycles. The van der Waals surface area contributed by atoms with Crippen LogP contribution >= 0.6 is 0 Å². The topological polar surface area (TPSA) is 134 Å². The fourth-order valence-corrected chi connectivity index (χ4v) is 2.60. The summed E-state index contributed by atoms with van der Waals surface area (Å²) in [4.78, 5) is 15.2. The predicted molar refractivity (Wildman–Crippen MR) is 108 cm³/mol. The Morgan fingerprint density at radius 1 is 0.679 bits per heavy atom. The summed E-state index contributed by atoms with van der Waals surface area (Å²) < 4.78 is 0. The highest BCUT2D eigenvalue weighted by Crippen LogP contribution is 2.27. The smallest absolute Gasteiger partial charge is 0.200 e. The summed E-state index contributed by atoms with van der Waals surface area (Å²) in [6, 6.07) is 13.0. The van der Waals surface area contributed by atoms with E-state index in [2.05, 4.69) is 4.98 Å². The van der Waals surface area contributed by atoms with Gasteiger partial charge in [-0.05, 0) is 12.1 Å². The van der Waals surface area contributed by atoms with Crippen LogP contribution in [0.1, 0.15) is 13.8 Å². The zero-order valence-corrected chi connectivity index (χ0v) is 15.3. The van der Waals surface area contributed by atoms with E-state index in [4.69, 9.17) is 15.3 Å². The Morgan fingerprint density at radius 2 is 1.18 bits per heavy atom. The minimum atomic E-state index is -0.244. The van der Waals surface area contributed by atoms with E-state index in [9.17, 15) is 15.0 Å². The number of aromatic nitrogens is 1. The Bertz CT molecular complexity index is 1120. The maximum Gasteiger partial charge on any atom is 0.200 e. The largest absolute Gasteiger partial charge is 0.508 e. The second kappa shape index (κ2) is 8.68. The standard InChI is InChI=1S/C13H9NO3.C6H6O3.C2H6/c15-7-5-10-12(11(16)6-7)13(17)8-3-1-2-4-9(8)14-10;7-4-1-5(8)3-6(9)2-4;1-2/h1-6,15-16H,(H,14,17);1-3,7-9H;1-2H3. The minimum absolute atomic E-state index is 0.0825. The fourth-order valence-electron chi connectivity index (χ4n) is 2.60. The molecule has 3 aromatic carbocycles. The number of hydrogen-bond donors (Lipinski definition) is 6. The van der Waals surface area contributed by atoms with Crippen LogP contribution in [0.2, 0.25) is 0 Å². The number of phenolic OH excluding ortho intramolecular Hbond substituents is 5. The van der Waals surface area contributed by atoms with Gasteiger partial charge in [0.25, 0.3) is 0 Å². The van der Waals surface area contributed by atoms with Crippen LogP contribution in [0.15, 0.2) is 59.4 Å². The third-order valence-electron chi connectivity index (χ3n) is 3.66. The van der Waals surface area contributed by atoms with Crippen molar-refractivity contribution < 1.29 is 25.5 Å². The van der Waals surface area contributed by atoms with E-state index >= 15 is 0 Å². The predicted octanol–water partition coefficient (Wildman–Crippen LogP) is 3.92. The van der Waals surface area contributed by atoms with Crippen molar-refractivity contribution in [3.63, 3.8) is 0 Å². The highest BCUT2D eigenvalue weighted by atomic mass is 16.3. The number of benzene rings is 3. The van der Waals surface area contributed by atoms with Crippen LogP contribution in [-0.4, -0.2) is 30.5 Å². The molecule has 0 spiro atoms. The highest BCUT2D eigenvalue weighted by Gasteiger charge is 2.10. The van der Waals surface area contributed by atoms with Gasteiger partial charge >= 0.3 is 0 Å². The first-order chi connectivity index (χ1) is 13.3. The highest BCUT2D eigenvalue weighted by molar-refractivity contribution is 5.96. The van der Waals surface area contributed by atoms with Crippen molar-refractivity contribution in [2.24, 2.45) is 0 Å². The lowest BCUT2D eigenvalue weighted by Crippen LogP contribution is -2.04. The van der Waals surface area contributed by atoms with Gasteiger partial charge in [0, 0.05) is 41.2 Å². The Kier molecular flexibility index (Phi) is 6.34. The Balaban J connectivity index is 0.000000216. The van der Waals surface area contributed by atoms with E-state index in [0.717, 1.165) is 24.3 Å². The van der Waals surface area contributed by atoms with Crippen molar-refractivity contribution in [3.05, 3.63) is 64.8 Å². The number of pyridine rings is 1. The summed E-state index contributed by atoms with van der Waals surface area (Å²) in [6.07, 6.45) is 0. The molecule has 4 aromatic rings. The van der Waals surface area contributed by atoms with Crippen LogP contribution in [0.4, 0.5) is 0 Å². The molecule has 7 heteroatoms. The summed E-state index contributed by atoms with van der Waals surface area (Å²) >= 11 is 0. The van der Waals surface area contributed by atoms with E-state index in [1.54, 1.807) is 18.2 Å². The second-order valence-electron chi connectivity index (χ2n) is 5.59. The number of aromatic amines is 1. The summed E-state index contributed by atoms with van der Waals surface area (Å²) in [5.41, 5.74) is 0.855. The maximum atomic E-state index is 12.2. The van der Waals surface area contributed by atoms with E-state index < -0.39 is 0 Å². The zero-order valence-electron chi connectivity index (χ0n) is 15.3. The molecule has 7 nitrogen and oxygen atoms in total. The summed E-state index contributed by atoms with van der Waals surface area (Å²) in [7, 11) is 0. The molecule has 0 aliphatic rings. The Morgan fingerprint density at radius 3 is 1.75 bits per heavy atom. The van der Waals surface area contributed by atoms with E-state index in [1.165, 1.54) is 6.07 Å². The molecular formula is C21H21NO6. The molecule has 28 heavy (non-hydrogen) atoms. The molecule has 1 heterocycles. The van der Waals surface area contributed by atoms with Gasteiger partial charge in [0.2, 0.25) is 5.43 Å². The summed E-state index contributed by atoms with van der Waals surface area (Å²) in [6.45, 7) is 4.00. The lowest BCUT2D eigenvalue weighted by molar-refractivity contribution is 0.428. The zero-order chi connectivity index (χ0) is 20.8. The van der Waals surface area contributed by atoms with Crippen molar-refractivity contribution in [2.75, 3.05) is 0 Å². The summed E-state index contributed by atoms with van der Waals surface area (Å²) in [5, 5.41) is 45.8. The maximum absolute atomic E-state index is 12.2. The number of nitrogens with one attached hydrogen (secondary N) is 1. The van der Waals surface area contributed by atoms with Crippen molar-refractivity contribution in [1.29, 1.82) is 0 Å². The first kappa shape index (κ1) is 20.4. The van der Waals surface area contributed by atoms with Crippen LogP contribution in [0.5, 0.6) is 28.7 Å². The van der Waals surface area contributed by atoms with E-state index in [-0.39, 0.29) is 39.6 Å². The molecule has 0 radical (unpaired) electrons. The van der Waals surface area contributed by atoms with Crippen LogP contribution < -0.4 is 5.43 Å². The van der Waals surface area contributed by atoms with Crippen LogP contribution in [0.3, 0.4) is 0 Å². The van der Waals surface area contributed by atoms with E-state index in [0.29, 0.717) is 16.4 Å². The van der Waals surface area contributed by atoms with Gasteiger partial charge in [0.05, 0.1) is 10.9 Å². The first-order valence-corrected chi connectivity index (χ1v) is 8.54. The van der Waals surface area contributed by atoms with Crippen molar-refractivity contribution in [3.8, 4) is 28.7 Å². The van der Waals surface area contributed by atoms with Crippen LogP contribution in [-0.2, 0) is 0 Å². The second-order valence-corrected chi connectivity index (χ2v) is 5.59. The Labute approximate surface area is 160 Å². The quantitative estimate of drug-likeness (QED) is 0.255. The van der Waals surface area contributed by atoms with Crippen LogP contribution in [0.25, 0.3) is 21.8 Å². The molecule has 0 bridgehead atoms. The molecule has 0 atom stereocenters. The number of aromatic hydroxyl groups is 5. The lowest BCUT2D eigenvalue weighted by Gasteiger charge is -2.04. The monoisotopic (exact) mass is 383 g/mol. The van der Waals surface area contributed by atoms with Gasteiger partial charge < -0.3 is 30.5 Å². The molecule has 0 aliphatic carbocycles. The molecule has 0 unspecified atom stereocenters. The van der Waals surface area contributed by atoms with Crippen LogP contribution in [0, 0.1) is 0 Å². The lowest BCUT2D eigenvalue weighted by atomic mass is 10.1. The van der Waals surface area contributed by atoms with Gasteiger partial charge in [-0.3, -0.25) is 4.79 Å². The SMILES string of the molecule is CC.O=c1c2ccccc2[nH]c2cc(O)cc(O)c12.Oc1cc(O)cc(O)c1. The molecule has 4 rings (SSSR count). The van der Waals surface area contributed by atoms with E-state index in [1.807, 2.05) is 19.9 Å². The van der Waals surface area contributed by atoms with Crippen molar-refractivity contribution in [2.45, 2.75) is 13.8 Å². The van der Waals surface area contributed by atoms with Gasteiger partial charge in [-0.2, -0.15) is 0 Å². The molecule has 0 aliphatic heterocycles.